The van der Waals surface area contributed by atoms with E-state index in [2.05, 4.69) is 6.07 Å². The van der Waals surface area contributed by atoms with Gasteiger partial charge in [-0.1, -0.05) is 35.9 Å². The Kier molecular flexibility index (Phi) is 5.50. The number of carbonyl (C=O) groups is 1. The van der Waals surface area contributed by atoms with Crippen LogP contribution in [0.25, 0.3) is 0 Å². The number of nitrogens with zero attached hydrogens (tertiary/aromatic N) is 2. The van der Waals surface area contributed by atoms with Crippen molar-refractivity contribution in [3.8, 4) is 17.6 Å². The summed E-state index contributed by atoms with van der Waals surface area (Å²) < 4.78 is 11.0. The number of nitriles is 1. The van der Waals surface area contributed by atoms with Crippen molar-refractivity contribution in [2.75, 3.05) is 0 Å². The van der Waals surface area contributed by atoms with E-state index < -0.39 is 16.8 Å². The van der Waals surface area contributed by atoms with E-state index in [-0.39, 0.29) is 28.5 Å². The van der Waals surface area contributed by atoms with Crippen molar-refractivity contribution in [1.29, 1.82) is 5.26 Å². The molecule has 0 saturated carbocycles. The number of benzene rings is 3. The first-order valence-corrected chi connectivity index (χ1v) is 9.69. The van der Waals surface area contributed by atoms with Gasteiger partial charge in [0.2, 0.25) is 5.88 Å². The van der Waals surface area contributed by atoms with E-state index in [1.807, 2.05) is 0 Å². The van der Waals surface area contributed by atoms with Gasteiger partial charge in [0.05, 0.1) is 16.4 Å². The molecule has 0 fully saturated rings. The van der Waals surface area contributed by atoms with Crippen LogP contribution in [0, 0.1) is 21.4 Å². The number of fused-ring (bicyclic) bond motifs is 1. The first-order chi connectivity index (χ1) is 15.4. The summed E-state index contributed by atoms with van der Waals surface area (Å²) in [4.78, 5) is 22.9. The van der Waals surface area contributed by atoms with Crippen molar-refractivity contribution >= 4 is 23.3 Å². The van der Waals surface area contributed by atoms with Crippen LogP contribution in [0.4, 0.5) is 5.69 Å². The zero-order valence-corrected chi connectivity index (χ0v) is 17.1. The number of esters is 1. The third-order valence-electron chi connectivity index (χ3n) is 4.90. The number of ether oxygens (including phenoxy) is 2. The van der Waals surface area contributed by atoms with Crippen LogP contribution < -0.4 is 15.2 Å². The largest absolute Gasteiger partial charge is 0.440 e. The Hall–Kier alpha value is -4.35. The number of hydrogen-bond donors (Lipinski definition) is 1. The lowest BCUT2D eigenvalue weighted by Gasteiger charge is -2.26. The minimum atomic E-state index is -0.601. The van der Waals surface area contributed by atoms with Gasteiger partial charge in [-0.2, -0.15) is 5.26 Å². The molecule has 0 spiro atoms. The van der Waals surface area contributed by atoms with Crippen molar-refractivity contribution in [2.24, 2.45) is 5.73 Å². The van der Waals surface area contributed by atoms with Crippen LogP contribution in [0.3, 0.4) is 0 Å². The molecule has 1 unspecified atom stereocenters. The lowest BCUT2D eigenvalue weighted by molar-refractivity contribution is -0.384. The van der Waals surface area contributed by atoms with E-state index in [1.54, 1.807) is 42.5 Å². The van der Waals surface area contributed by atoms with Gasteiger partial charge in [-0.05, 0) is 29.8 Å². The number of halogens is 1. The Morgan fingerprint density at radius 3 is 2.56 bits per heavy atom. The first kappa shape index (κ1) is 20.9. The van der Waals surface area contributed by atoms with Gasteiger partial charge in [0, 0.05) is 28.8 Å². The Morgan fingerprint density at radius 1 is 1.16 bits per heavy atom. The van der Waals surface area contributed by atoms with E-state index in [0.717, 1.165) is 0 Å². The number of nitro benzene ring substituents is 1. The van der Waals surface area contributed by atoms with Gasteiger partial charge in [0.25, 0.3) is 5.69 Å². The molecule has 1 aliphatic rings. The van der Waals surface area contributed by atoms with Crippen LogP contribution in [-0.2, 0) is 0 Å². The normalized spacial score (nSPS) is 14.7. The number of carbonyl (C=O) groups excluding carboxylic acids is 1. The minimum absolute atomic E-state index is 0.0697. The van der Waals surface area contributed by atoms with E-state index >= 15 is 0 Å². The molecule has 32 heavy (non-hydrogen) atoms. The third-order valence-corrected chi connectivity index (χ3v) is 5.13. The van der Waals surface area contributed by atoms with Crippen molar-refractivity contribution in [1.82, 2.24) is 0 Å². The minimum Gasteiger partial charge on any atom is -0.440 e. The Morgan fingerprint density at radius 2 is 1.91 bits per heavy atom. The Balaban J connectivity index is 1.69. The van der Waals surface area contributed by atoms with E-state index in [4.69, 9.17) is 26.8 Å². The van der Waals surface area contributed by atoms with Gasteiger partial charge >= 0.3 is 5.97 Å². The molecule has 0 aromatic heterocycles. The maximum absolute atomic E-state index is 12.4. The van der Waals surface area contributed by atoms with Crippen LogP contribution in [0.2, 0.25) is 5.02 Å². The molecular formula is C23H14ClN3O5. The van der Waals surface area contributed by atoms with Crippen molar-refractivity contribution < 1.29 is 19.2 Å². The Labute approximate surface area is 187 Å². The molecule has 2 N–H and O–H groups in total. The predicted molar refractivity (Wildman–Crippen MR) is 115 cm³/mol. The highest BCUT2D eigenvalue weighted by atomic mass is 35.5. The molecule has 8 nitrogen and oxygen atoms in total. The number of nitrogens with two attached hydrogens (primary N) is 1. The molecule has 0 radical (unpaired) electrons. The van der Waals surface area contributed by atoms with Crippen LogP contribution >= 0.6 is 11.6 Å². The second-order valence-corrected chi connectivity index (χ2v) is 7.31. The van der Waals surface area contributed by atoms with Gasteiger partial charge in [-0.15, -0.1) is 0 Å². The quantitative estimate of drug-likeness (QED) is 0.266. The van der Waals surface area contributed by atoms with Crippen molar-refractivity contribution in [3.63, 3.8) is 0 Å². The third kappa shape index (κ3) is 3.97. The predicted octanol–water partition coefficient (Wildman–Crippen LogP) is 4.69. The number of rotatable bonds is 4. The molecule has 0 amide bonds. The SMILES string of the molecule is N#CC1=C(N)Oc2cc(OC(=O)c3cccc(Cl)c3)ccc2C1c1ccc([N+](=O)[O-])cc1. The summed E-state index contributed by atoms with van der Waals surface area (Å²) in [5.74, 6) is -0.772. The monoisotopic (exact) mass is 447 g/mol. The van der Waals surface area contributed by atoms with Crippen LogP contribution in [0.15, 0.2) is 78.2 Å². The summed E-state index contributed by atoms with van der Waals surface area (Å²) in [6.07, 6.45) is 0. The fourth-order valence-electron chi connectivity index (χ4n) is 3.41. The van der Waals surface area contributed by atoms with Gasteiger partial charge < -0.3 is 15.2 Å². The molecule has 4 rings (SSSR count). The standard InChI is InChI=1S/C23H14ClN3O5/c24-15-3-1-2-14(10-15)23(28)31-17-8-9-18-20(11-17)32-22(26)19(12-25)21(18)13-4-6-16(7-5-13)27(29)30/h1-11,21H,26H2. The number of nitro groups is 1. The first-order valence-electron chi connectivity index (χ1n) is 9.31. The fourth-order valence-corrected chi connectivity index (χ4v) is 3.60. The zero-order valence-electron chi connectivity index (χ0n) is 16.3. The second kappa shape index (κ2) is 8.41. The summed E-state index contributed by atoms with van der Waals surface area (Å²) in [6.45, 7) is 0. The maximum atomic E-state index is 12.4. The Bertz CT molecular complexity index is 1310. The fraction of sp³-hybridized carbons (Fsp3) is 0.0435. The molecule has 1 heterocycles. The molecule has 3 aromatic rings. The van der Waals surface area contributed by atoms with Crippen molar-refractivity contribution in [3.05, 3.63) is 110 Å². The number of hydrogen-bond acceptors (Lipinski definition) is 7. The summed E-state index contributed by atoms with van der Waals surface area (Å²) in [5.41, 5.74) is 7.60. The lowest BCUT2D eigenvalue weighted by atomic mass is 9.83. The second-order valence-electron chi connectivity index (χ2n) is 6.87. The topological polar surface area (TPSA) is 128 Å². The summed E-state index contributed by atoms with van der Waals surface area (Å²) in [5, 5.41) is 21.0. The average Bonchev–Trinajstić information content (AvgIpc) is 2.78. The maximum Gasteiger partial charge on any atom is 0.343 e. The number of non-ortho nitro benzene ring substituents is 1. The molecular weight excluding hydrogens is 434 g/mol. The molecule has 0 saturated heterocycles. The highest BCUT2D eigenvalue weighted by Crippen LogP contribution is 2.43. The van der Waals surface area contributed by atoms with Crippen LogP contribution in [-0.4, -0.2) is 10.9 Å². The highest BCUT2D eigenvalue weighted by Gasteiger charge is 2.31. The van der Waals surface area contributed by atoms with E-state index in [1.165, 1.54) is 24.3 Å². The smallest absolute Gasteiger partial charge is 0.343 e. The molecule has 3 aromatic carbocycles. The van der Waals surface area contributed by atoms with Gasteiger partial charge in [-0.3, -0.25) is 10.1 Å². The van der Waals surface area contributed by atoms with Gasteiger partial charge in [0.15, 0.2) is 0 Å². The van der Waals surface area contributed by atoms with E-state index in [9.17, 15) is 20.2 Å². The number of allylic oxidation sites excluding steroid dienone is 1. The summed E-state index contributed by atoms with van der Waals surface area (Å²) in [6, 6.07) is 19.0. The van der Waals surface area contributed by atoms with Crippen LogP contribution in [0.1, 0.15) is 27.4 Å². The molecule has 0 bridgehead atoms. The lowest BCUT2D eigenvalue weighted by Crippen LogP contribution is -2.21. The zero-order chi connectivity index (χ0) is 22.8. The molecule has 9 heteroatoms. The van der Waals surface area contributed by atoms with Crippen LogP contribution in [0.5, 0.6) is 11.5 Å². The van der Waals surface area contributed by atoms with Gasteiger partial charge in [-0.25, -0.2) is 4.79 Å². The molecule has 158 valence electrons. The molecule has 0 aliphatic carbocycles. The average molecular weight is 448 g/mol. The molecule has 1 atom stereocenters. The summed E-state index contributed by atoms with van der Waals surface area (Å²) in [7, 11) is 0. The molecule has 1 aliphatic heterocycles. The van der Waals surface area contributed by atoms with Crippen molar-refractivity contribution in [2.45, 2.75) is 5.92 Å². The highest BCUT2D eigenvalue weighted by molar-refractivity contribution is 6.30. The summed E-state index contributed by atoms with van der Waals surface area (Å²) >= 11 is 5.92. The van der Waals surface area contributed by atoms with E-state index in [0.29, 0.717) is 21.9 Å². The van der Waals surface area contributed by atoms with Gasteiger partial charge in [0.1, 0.15) is 23.1 Å².